The lowest BCUT2D eigenvalue weighted by atomic mass is 10.1. The molecular weight excluding hydrogens is 346 g/mol. The molecule has 0 atom stereocenters. The van der Waals surface area contributed by atoms with Crippen molar-refractivity contribution in [3.63, 3.8) is 0 Å². The van der Waals surface area contributed by atoms with E-state index in [4.69, 9.17) is 0 Å². The van der Waals surface area contributed by atoms with Crippen LogP contribution in [-0.2, 0) is 10.5 Å². The van der Waals surface area contributed by atoms with E-state index in [1.54, 1.807) is 11.8 Å². The summed E-state index contributed by atoms with van der Waals surface area (Å²) in [5, 5.41) is 2.93. The fourth-order valence-electron chi connectivity index (χ4n) is 1.95. The molecule has 1 N–H and O–H groups in total. The fraction of sp³-hybridized carbons (Fsp3) is 0.235. The molecule has 0 aliphatic carbocycles. The molecule has 2 nitrogen and oxygen atoms in total. The van der Waals surface area contributed by atoms with Crippen molar-refractivity contribution in [2.75, 3.05) is 11.1 Å². The van der Waals surface area contributed by atoms with E-state index in [-0.39, 0.29) is 5.91 Å². The van der Waals surface area contributed by atoms with Crippen molar-refractivity contribution in [2.45, 2.75) is 19.6 Å². The number of thioether (sulfide) groups is 1. The molecule has 2 rings (SSSR count). The molecular formula is C17H18BrNOS. The zero-order chi connectivity index (χ0) is 15.2. The highest BCUT2D eigenvalue weighted by Crippen LogP contribution is 2.20. The summed E-state index contributed by atoms with van der Waals surface area (Å²) in [5.74, 6) is 1.36. The molecule has 0 aliphatic heterocycles. The van der Waals surface area contributed by atoms with Gasteiger partial charge in [-0.15, -0.1) is 11.8 Å². The molecule has 110 valence electrons. The Kier molecular flexibility index (Phi) is 5.88. The number of aryl methyl sites for hydroxylation is 2. The summed E-state index contributed by atoms with van der Waals surface area (Å²) >= 11 is 5.09. The van der Waals surface area contributed by atoms with Gasteiger partial charge in [-0.25, -0.2) is 0 Å². The normalized spacial score (nSPS) is 10.4. The highest BCUT2D eigenvalue weighted by Gasteiger charge is 2.05. The predicted molar refractivity (Wildman–Crippen MR) is 94.8 cm³/mol. The number of amides is 1. The number of halogens is 1. The van der Waals surface area contributed by atoms with Crippen LogP contribution >= 0.6 is 27.7 Å². The molecule has 1 amide bonds. The fourth-order valence-corrected chi connectivity index (χ4v) is 3.10. The summed E-state index contributed by atoms with van der Waals surface area (Å²) in [4.78, 5) is 11.9. The van der Waals surface area contributed by atoms with Gasteiger partial charge in [0.1, 0.15) is 0 Å². The van der Waals surface area contributed by atoms with E-state index in [1.165, 1.54) is 11.1 Å². The molecule has 0 aromatic heterocycles. The SMILES string of the molecule is Cc1cc(NC(=O)CSCc2ccccc2C)ccc1Br. The first kappa shape index (κ1) is 16.1. The third-order valence-corrected chi connectivity index (χ3v) is 5.06. The minimum Gasteiger partial charge on any atom is -0.325 e. The Morgan fingerprint density at radius 2 is 1.90 bits per heavy atom. The summed E-state index contributed by atoms with van der Waals surface area (Å²) in [7, 11) is 0. The highest BCUT2D eigenvalue weighted by molar-refractivity contribution is 9.10. The highest BCUT2D eigenvalue weighted by atomic mass is 79.9. The first-order chi connectivity index (χ1) is 10.1. The lowest BCUT2D eigenvalue weighted by Crippen LogP contribution is -2.14. The Morgan fingerprint density at radius 3 is 2.62 bits per heavy atom. The Hall–Kier alpha value is -1.26. The maximum atomic E-state index is 11.9. The van der Waals surface area contributed by atoms with Crippen LogP contribution in [0, 0.1) is 13.8 Å². The van der Waals surface area contributed by atoms with E-state index in [2.05, 4.69) is 40.3 Å². The molecule has 0 bridgehead atoms. The second kappa shape index (κ2) is 7.66. The van der Waals surface area contributed by atoms with Gasteiger partial charge in [-0.2, -0.15) is 0 Å². The Bertz CT molecular complexity index is 642. The second-order valence-corrected chi connectivity index (χ2v) is 6.77. The number of nitrogens with one attached hydrogen (secondary N) is 1. The monoisotopic (exact) mass is 363 g/mol. The number of benzene rings is 2. The maximum absolute atomic E-state index is 11.9. The van der Waals surface area contributed by atoms with E-state index < -0.39 is 0 Å². The van der Waals surface area contributed by atoms with Crippen molar-refractivity contribution < 1.29 is 4.79 Å². The van der Waals surface area contributed by atoms with Crippen LogP contribution in [0.1, 0.15) is 16.7 Å². The Morgan fingerprint density at radius 1 is 1.14 bits per heavy atom. The second-order valence-electron chi connectivity index (χ2n) is 4.93. The molecule has 4 heteroatoms. The standard InChI is InChI=1S/C17H18BrNOS/c1-12-5-3-4-6-14(12)10-21-11-17(20)19-15-7-8-16(18)13(2)9-15/h3-9H,10-11H2,1-2H3,(H,19,20). The molecule has 21 heavy (non-hydrogen) atoms. The largest absolute Gasteiger partial charge is 0.325 e. The zero-order valence-electron chi connectivity index (χ0n) is 12.2. The van der Waals surface area contributed by atoms with Gasteiger partial charge in [0.2, 0.25) is 5.91 Å². The van der Waals surface area contributed by atoms with Crippen molar-refractivity contribution in [1.29, 1.82) is 0 Å². The van der Waals surface area contributed by atoms with Crippen LogP contribution in [0.25, 0.3) is 0 Å². The molecule has 0 radical (unpaired) electrons. The summed E-state index contributed by atoms with van der Waals surface area (Å²) in [5.41, 5.74) is 4.52. The van der Waals surface area contributed by atoms with Crippen molar-refractivity contribution in [1.82, 2.24) is 0 Å². The number of hydrogen-bond donors (Lipinski definition) is 1. The van der Waals surface area contributed by atoms with Gasteiger partial charge in [0.25, 0.3) is 0 Å². The van der Waals surface area contributed by atoms with Crippen LogP contribution in [0.15, 0.2) is 46.9 Å². The van der Waals surface area contributed by atoms with Gasteiger partial charge in [0.05, 0.1) is 5.75 Å². The minimum absolute atomic E-state index is 0.0373. The van der Waals surface area contributed by atoms with E-state index in [0.29, 0.717) is 5.75 Å². The lowest BCUT2D eigenvalue weighted by Gasteiger charge is -2.08. The van der Waals surface area contributed by atoms with Crippen LogP contribution in [0.4, 0.5) is 5.69 Å². The first-order valence-corrected chi connectivity index (χ1v) is 8.69. The van der Waals surface area contributed by atoms with Crippen LogP contribution < -0.4 is 5.32 Å². The summed E-state index contributed by atoms with van der Waals surface area (Å²) < 4.78 is 1.05. The minimum atomic E-state index is 0.0373. The number of hydrogen-bond acceptors (Lipinski definition) is 2. The summed E-state index contributed by atoms with van der Waals surface area (Å²) in [6.07, 6.45) is 0. The smallest absolute Gasteiger partial charge is 0.234 e. The quantitative estimate of drug-likeness (QED) is 0.814. The summed E-state index contributed by atoms with van der Waals surface area (Å²) in [6, 6.07) is 14.1. The van der Waals surface area contributed by atoms with Crippen LogP contribution in [0.2, 0.25) is 0 Å². The van der Waals surface area contributed by atoms with Crippen LogP contribution in [0.3, 0.4) is 0 Å². The average molecular weight is 364 g/mol. The Labute approximate surface area is 138 Å². The van der Waals surface area contributed by atoms with Gasteiger partial charge in [0.15, 0.2) is 0 Å². The average Bonchev–Trinajstić information content (AvgIpc) is 2.45. The number of carbonyl (C=O) groups is 1. The molecule has 0 heterocycles. The topological polar surface area (TPSA) is 29.1 Å². The van der Waals surface area contributed by atoms with Gasteiger partial charge >= 0.3 is 0 Å². The number of anilines is 1. The van der Waals surface area contributed by atoms with Crippen molar-refractivity contribution in [3.05, 3.63) is 63.6 Å². The van der Waals surface area contributed by atoms with Gasteiger partial charge in [-0.05, 0) is 48.7 Å². The molecule has 0 fully saturated rings. The van der Waals surface area contributed by atoms with E-state index in [1.807, 2.05) is 37.3 Å². The molecule has 0 aliphatic rings. The predicted octanol–water partition coefficient (Wildman–Crippen LogP) is 4.94. The van der Waals surface area contributed by atoms with Crippen LogP contribution in [-0.4, -0.2) is 11.7 Å². The van der Waals surface area contributed by atoms with Crippen molar-refractivity contribution >= 4 is 39.3 Å². The molecule has 0 spiro atoms. The molecule has 0 unspecified atom stereocenters. The van der Waals surface area contributed by atoms with Crippen molar-refractivity contribution in [3.8, 4) is 0 Å². The molecule has 2 aromatic carbocycles. The van der Waals surface area contributed by atoms with Crippen molar-refractivity contribution in [2.24, 2.45) is 0 Å². The molecule has 0 saturated carbocycles. The molecule has 0 saturated heterocycles. The van der Waals surface area contributed by atoms with E-state index >= 15 is 0 Å². The number of carbonyl (C=O) groups excluding carboxylic acids is 1. The third-order valence-electron chi connectivity index (χ3n) is 3.19. The maximum Gasteiger partial charge on any atom is 0.234 e. The Balaban J connectivity index is 1.82. The first-order valence-electron chi connectivity index (χ1n) is 6.74. The van der Waals surface area contributed by atoms with Gasteiger partial charge in [-0.3, -0.25) is 4.79 Å². The van der Waals surface area contributed by atoms with Gasteiger partial charge in [0, 0.05) is 15.9 Å². The third kappa shape index (κ3) is 4.90. The van der Waals surface area contributed by atoms with Gasteiger partial charge in [-0.1, -0.05) is 40.2 Å². The van der Waals surface area contributed by atoms with E-state index in [0.717, 1.165) is 21.5 Å². The zero-order valence-corrected chi connectivity index (χ0v) is 14.6. The lowest BCUT2D eigenvalue weighted by molar-refractivity contribution is -0.113. The van der Waals surface area contributed by atoms with Crippen LogP contribution in [0.5, 0.6) is 0 Å². The summed E-state index contributed by atoms with van der Waals surface area (Å²) in [6.45, 7) is 4.10. The number of rotatable bonds is 5. The van der Waals surface area contributed by atoms with Gasteiger partial charge < -0.3 is 5.32 Å². The molecule has 2 aromatic rings. The van der Waals surface area contributed by atoms with E-state index in [9.17, 15) is 4.79 Å².